The van der Waals surface area contributed by atoms with E-state index in [2.05, 4.69) is 10.6 Å². The summed E-state index contributed by atoms with van der Waals surface area (Å²) in [7, 11) is 0. The maximum Gasteiger partial charge on any atom is 0.353 e. The van der Waals surface area contributed by atoms with E-state index in [1.54, 1.807) is 17.2 Å². The summed E-state index contributed by atoms with van der Waals surface area (Å²) in [6.45, 7) is 5.33. The zero-order valence-electron chi connectivity index (χ0n) is 15.4. The number of fused-ring (bicyclic) bond motifs is 1. The van der Waals surface area contributed by atoms with Crippen molar-refractivity contribution >= 4 is 47.2 Å². The monoisotopic (exact) mass is 413 g/mol. The van der Waals surface area contributed by atoms with Crippen LogP contribution in [0.15, 0.2) is 22.2 Å². The fourth-order valence-electron chi connectivity index (χ4n) is 3.17. The number of amides is 3. The minimum absolute atomic E-state index is 0.0295. The summed E-state index contributed by atoms with van der Waals surface area (Å²) in [6, 6.07) is -0.150. The van der Waals surface area contributed by atoms with E-state index >= 15 is 0 Å². The van der Waals surface area contributed by atoms with Gasteiger partial charge >= 0.3 is 5.97 Å². The first-order valence-corrected chi connectivity index (χ1v) is 10.4. The van der Waals surface area contributed by atoms with Gasteiger partial charge in [0.25, 0.3) is 0 Å². The van der Waals surface area contributed by atoms with Crippen molar-refractivity contribution in [3.05, 3.63) is 22.2 Å². The number of hydrogen-bond acceptors (Lipinski definition) is 6. The molecule has 1 saturated heterocycles. The number of carboxylic acid groups (broad SMARTS) is 1. The molecule has 0 aromatic rings. The van der Waals surface area contributed by atoms with E-state index in [0.717, 1.165) is 0 Å². The number of aliphatic carboxylic acids is 1. The lowest BCUT2D eigenvalue weighted by Crippen LogP contribution is -2.61. The van der Waals surface area contributed by atoms with Gasteiger partial charge < -0.3 is 20.6 Å². The van der Waals surface area contributed by atoms with Gasteiger partial charge in [-0.15, -0.1) is 0 Å². The minimum Gasteiger partial charge on any atom is -0.477 e. The van der Waals surface area contributed by atoms with Crippen LogP contribution < -0.4 is 10.6 Å². The van der Waals surface area contributed by atoms with Crippen LogP contribution in [0, 0.1) is 5.92 Å². The third-order valence-electron chi connectivity index (χ3n) is 4.30. The lowest BCUT2D eigenvalue weighted by atomic mass is 9.85. The first kappa shape index (κ1) is 21.4. The van der Waals surface area contributed by atoms with Crippen LogP contribution in [-0.2, 0) is 19.2 Å². The topological polar surface area (TPSA) is 116 Å². The molecule has 0 aliphatic carbocycles. The summed E-state index contributed by atoms with van der Waals surface area (Å²) < 4.78 is 0. The Morgan fingerprint density at radius 3 is 2.63 bits per heavy atom. The van der Waals surface area contributed by atoms with Gasteiger partial charge in [-0.1, -0.05) is 18.7 Å². The van der Waals surface area contributed by atoms with Crippen LogP contribution in [0.25, 0.3) is 0 Å². The molecule has 0 spiro atoms. The number of hydrogen-bond donors (Lipinski definition) is 3. The van der Waals surface area contributed by atoms with Crippen LogP contribution >= 0.6 is 23.5 Å². The number of thioether (sulfide) groups is 2. The second-order valence-corrected chi connectivity index (χ2v) is 8.75. The molecular formula is C17H23N3O5S2. The van der Waals surface area contributed by atoms with E-state index in [0.29, 0.717) is 23.6 Å². The Bertz CT molecular complexity index is 707. The molecule has 0 aromatic heterocycles. The molecule has 0 bridgehead atoms. The summed E-state index contributed by atoms with van der Waals surface area (Å²) in [5.74, 6) is -1.13. The summed E-state index contributed by atoms with van der Waals surface area (Å²) in [5, 5.41) is 16.4. The van der Waals surface area contributed by atoms with Crippen LogP contribution in [0.3, 0.4) is 0 Å². The third kappa shape index (κ3) is 5.07. The highest BCUT2D eigenvalue weighted by Gasteiger charge is 2.56. The molecule has 27 heavy (non-hydrogen) atoms. The molecule has 2 aliphatic heterocycles. The number of nitrogens with one attached hydrogen (secondary N) is 2. The highest BCUT2D eigenvalue weighted by Crippen LogP contribution is 2.48. The summed E-state index contributed by atoms with van der Waals surface area (Å²) in [4.78, 5) is 48.0. The van der Waals surface area contributed by atoms with Crippen molar-refractivity contribution < 1.29 is 24.3 Å². The normalized spacial score (nSPS) is 22.5. The maximum absolute atomic E-state index is 12.6. The lowest BCUT2D eigenvalue weighted by molar-refractivity contribution is -0.154. The Balaban J connectivity index is 1.97. The zero-order chi connectivity index (χ0) is 20.1. The number of carbonyl (C=O) groups excluding carboxylic acids is 3. The fraction of sp³-hybridized carbons (Fsp3) is 0.529. The minimum atomic E-state index is -1.12. The van der Waals surface area contributed by atoms with Crippen molar-refractivity contribution in [3.63, 3.8) is 0 Å². The molecule has 1 unspecified atom stereocenters. The third-order valence-corrected chi connectivity index (χ3v) is 6.47. The second kappa shape index (κ2) is 9.32. The van der Waals surface area contributed by atoms with Gasteiger partial charge in [-0.3, -0.25) is 14.4 Å². The maximum atomic E-state index is 12.6. The Kier molecular flexibility index (Phi) is 7.37. The molecule has 3 amide bonds. The quantitative estimate of drug-likeness (QED) is 0.383. The van der Waals surface area contributed by atoms with Gasteiger partial charge in [-0.2, -0.15) is 11.8 Å². The number of β-lactam (4-membered cyclic amide) rings is 1. The van der Waals surface area contributed by atoms with E-state index in [-0.39, 0.29) is 40.6 Å². The molecule has 8 nitrogen and oxygen atoms in total. The van der Waals surface area contributed by atoms with Gasteiger partial charge in [0.2, 0.25) is 17.7 Å². The van der Waals surface area contributed by atoms with E-state index in [1.165, 1.54) is 36.7 Å². The van der Waals surface area contributed by atoms with Gasteiger partial charge in [0.15, 0.2) is 0 Å². The van der Waals surface area contributed by atoms with Gasteiger partial charge in [-0.25, -0.2) is 4.79 Å². The van der Waals surface area contributed by atoms with Crippen LogP contribution in [0.5, 0.6) is 0 Å². The second-order valence-electron chi connectivity index (χ2n) is 6.26. The first-order valence-electron chi connectivity index (χ1n) is 8.48. The standard InChI is InChI=1S/C17H23N3O5S2/c1-9(26-6-4-18-10(2)21)14-12-8-13(27-7-5-19-11(3)22)15(17(24)25)20(12)16(14)23/h5,7,9,12,14H,4,6,8H2,1-3H3,(H,18,21)(H,19,22)(H,24,25)/b7-5+/t9?,12-,14-/m1/s1. The Morgan fingerprint density at radius 1 is 1.33 bits per heavy atom. The molecular weight excluding hydrogens is 390 g/mol. The average Bonchev–Trinajstić information content (AvgIpc) is 2.90. The van der Waals surface area contributed by atoms with Gasteiger partial charge in [0.05, 0.1) is 12.0 Å². The van der Waals surface area contributed by atoms with Gasteiger partial charge in [-0.05, 0) is 5.41 Å². The molecule has 0 saturated carbocycles. The van der Waals surface area contributed by atoms with E-state index in [1.807, 2.05) is 6.92 Å². The van der Waals surface area contributed by atoms with Crippen molar-refractivity contribution in [1.82, 2.24) is 15.5 Å². The molecule has 10 heteroatoms. The van der Waals surface area contributed by atoms with Crippen molar-refractivity contribution in [1.29, 1.82) is 0 Å². The molecule has 2 heterocycles. The van der Waals surface area contributed by atoms with E-state index < -0.39 is 5.97 Å². The predicted octanol–water partition coefficient (Wildman–Crippen LogP) is 1.11. The number of carbonyl (C=O) groups is 4. The van der Waals surface area contributed by atoms with Gasteiger partial charge in [0.1, 0.15) is 5.70 Å². The number of carboxylic acids is 1. The van der Waals surface area contributed by atoms with Crippen LogP contribution in [0.4, 0.5) is 0 Å². The SMILES string of the molecule is CC(=O)N/C=C/SC1=C(C(=O)O)N2C(=O)[C@H](C(C)SCCNC(C)=O)[C@H]2C1. The van der Waals surface area contributed by atoms with Crippen LogP contribution in [0.1, 0.15) is 27.2 Å². The molecule has 0 radical (unpaired) electrons. The summed E-state index contributed by atoms with van der Waals surface area (Å²) >= 11 is 2.80. The highest BCUT2D eigenvalue weighted by molar-refractivity contribution is 8.05. The fourth-order valence-corrected chi connectivity index (χ4v) is 5.13. The van der Waals surface area contributed by atoms with Crippen LogP contribution in [-0.4, -0.2) is 57.3 Å². The molecule has 3 atom stereocenters. The predicted molar refractivity (Wildman–Crippen MR) is 105 cm³/mol. The zero-order valence-corrected chi connectivity index (χ0v) is 17.0. The summed E-state index contributed by atoms with van der Waals surface area (Å²) in [6.07, 6.45) is 1.94. The molecule has 148 valence electrons. The smallest absolute Gasteiger partial charge is 0.353 e. The molecule has 3 N–H and O–H groups in total. The van der Waals surface area contributed by atoms with Crippen LogP contribution in [0.2, 0.25) is 0 Å². The number of rotatable bonds is 9. The van der Waals surface area contributed by atoms with Crippen molar-refractivity contribution in [3.8, 4) is 0 Å². The van der Waals surface area contributed by atoms with E-state index in [4.69, 9.17) is 0 Å². The van der Waals surface area contributed by atoms with Crippen molar-refractivity contribution in [2.45, 2.75) is 38.5 Å². The summed E-state index contributed by atoms with van der Waals surface area (Å²) in [5.41, 5.74) is 0.0363. The first-order chi connectivity index (χ1) is 12.7. The van der Waals surface area contributed by atoms with Crippen molar-refractivity contribution in [2.24, 2.45) is 5.92 Å². The molecule has 1 fully saturated rings. The molecule has 2 aliphatic rings. The van der Waals surface area contributed by atoms with Crippen molar-refractivity contribution in [2.75, 3.05) is 12.3 Å². The Labute approximate surface area is 166 Å². The Morgan fingerprint density at radius 2 is 2.04 bits per heavy atom. The van der Waals surface area contributed by atoms with E-state index in [9.17, 15) is 24.3 Å². The number of nitrogens with zero attached hydrogens (tertiary/aromatic N) is 1. The molecule has 2 rings (SSSR count). The van der Waals surface area contributed by atoms with Gasteiger partial charge in [0, 0.05) is 48.9 Å². The Hall–Kier alpha value is -1.94. The molecule has 0 aromatic carbocycles. The largest absolute Gasteiger partial charge is 0.477 e. The average molecular weight is 414 g/mol. The lowest BCUT2D eigenvalue weighted by Gasteiger charge is -2.45. The highest BCUT2D eigenvalue weighted by atomic mass is 32.2.